The van der Waals surface area contributed by atoms with Crippen molar-refractivity contribution >= 4 is 11.8 Å². The molecule has 1 aliphatic heterocycles. The van der Waals surface area contributed by atoms with Gasteiger partial charge < -0.3 is 14.6 Å². The maximum atomic E-state index is 11.8. The summed E-state index contributed by atoms with van der Waals surface area (Å²) in [5.74, 6) is 0. The third-order valence-electron chi connectivity index (χ3n) is 3.37. The number of hydrogen-bond acceptors (Lipinski definition) is 4. The number of rotatable bonds is 2. The quantitative estimate of drug-likeness (QED) is 0.879. The molecule has 5 nitrogen and oxygen atoms in total. The molecule has 1 fully saturated rings. The fraction of sp³-hybridized carbons (Fsp3) is 0.562. The number of anilines is 1. The zero-order chi connectivity index (χ0) is 15.5. The fourth-order valence-corrected chi connectivity index (χ4v) is 2.31. The summed E-state index contributed by atoms with van der Waals surface area (Å²) in [4.78, 5) is 11.8. The zero-order valence-corrected chi connectivity index (χ0v) is 12.8. The van der Waals surface area contributed by atoms with Gasteiger partial charge in [0.1, 0.15) is 5.60 Å². The van der Waals surface area contributed by atoms with Crippen molar-refractivity contribution in [2.75, 3.05) is 18.5 Å². The van der Waals surface area contributed by atoms with Crippen molar-refractivity contribution < 1.29 is 19.4 Å². The van der Waals surface area contributed by atoms with E-state index in [0.717, 1.165) is 5.56 Å². The van der Waals surface area contributed by atoms with Crippen LogP contribution in [0.2, 0.25) is 0 Å². The molecule has 0 radical (unpaired) electrons. The second kappa shape index (κ2) is 6.03. The predicted octanol–water partition coefficient (Wildman–Crippen LogP) is 3.03. The molecule has 1 amide bonds. The third-order valence-corrected chi connectivity index (χ3v) is 3.37. The van der Waals surface area contributed by atoms with E-state index >= 15 is 0 Å². The molecular formula is C16H23NO4. The Kier molecular flexibility index (Phi) is 4.54. The van der Waals surface area contributed by atoms with Crippen LogP contribution >= 0.6 is 0 Å². The normalized spacial score (nSPS) is 18.1. The molecule has 0 spiro atoms. The summed E-state index contributed by atoms with van der Waals surface area (Å²) in [5.41, 5.74) is -0.0224. The Morgan fingerprint density at radius 3 is 2.62 bits per heavy atom. The smallest absolute Gasteiger partial charge is 0.412 e. The molecule has 5 heteroatoms. The summed E-state index contributed by atoms with van der Waals surface area (Å²) >= 11 is 0. The van der Waals surface area contributed by atoms with Crippen molar-refractivity contribution in [3.05, 3.63) is 29.8 Å². The minimum Gasteiger partial charge on any atom is -0.444 e. The number of carbonyl (C=O) groups excluding carboxylic acids is 1. The SMILES string of the molecule is CC(C)(C)OC(=O)Nc1cccc(C2(O)CCOCC2)c1. The summed E-state index contributed by atoms with van der Waals surface area (Å²) in [6, 6.07) is 7.24. The molecule has 1 heterocycles. The summed E-state index contributed by atoms with van der Waals surface area (Å²) in [6.07, 6.45) is 0.616. The van der Waals surface area contributed by atoms with Crippen molar-refractivity contribution in [3.63, 3.8) is 0 Å². The van der Waals surface area contributed by atoms with E-state index in [4.69, 9.17) is 9.47 Å². The fourth-order valence-electron chi connectivity index (χ4n) is 2.31. The maximum Gasteiger partial charge on any atom is 0.412 e. The number of amides is 1. The molecule has 1 saturated heterocycles. The largest absolute Gasteiger partial charge is 0.444 e. The van der Waals surface area contributed by atoms with Crippen LogP contribution in [-0.2, 0) is 15.1 Å². The lowest BCUT2D eigenvalue weighted by molar-refractivity contribution is -0.0679. The summed E-state index contributed by atoms with van der Waals surface area (Å²) in [5, 5.41) is 13.4. The molecule has 0 aromatic heterocycles. The Labute approximate surface area is 125 Å². The van der Waals surface area contributed by atoms with Crippen molar-refractivity contribution in [3.8, 4) is 0 Å². The van der Waals surface area contributed by atoms with Crippen molar-refractivity contribution in [2.45, 2.75) is 44.8 Å². The first-order chi connectivity index (χ1) is 9.78. The van der Waals surface area contributed by atoms with Crippen LogP contribution in [0.15, 0.2) is 24.3 Å². The Morgan fingerprint density at radius 2 is 2.00 bits per heavy atom. The lowest BCUT2D eigenvalue weighted by Crippen LogP contribution is -2.33. The molecule has 2 N–H and O–H groups in total. The minimum absolute atomic E-state index is 0.501. The lowest BCUT2D eigenvalue weighted by atomic mass is 9.86. The number of aliphatic hydroxyl groups is 1. The van der Waals surface area contributed by atoms with Crippen LogP contribution in [0, 0.1) is 0 Å². The number of benzene rings is 1. The van der Waals surface area contributed by atoms with Crippen LogP contribution in [0.4, 0.5) is 10.5 Å². The van der Waals surface area contributed by atoms with Crippen LogP contribution in [0.1, 0.15) is 39.2 Å². The van der Waals surface area contributed by atoms with Crippen LogP contribution in [-0.4, -0.2) is 30.0 Å². The van der Waals surface area contributed by atoms with E-state index in [9.17, 15) is 9.90 Å². The van der Waals surface area contributed by atoms with Crippen LogP contribution in [0.25, 0.3) is 0 Å². The molecule has 2 rings (SSSR count). The molecule has 116 valence electrons. The summed E-state index contributed by atoms with van der Waals surface area (Å²) in [7, 11) is 0. The third kappa shape index (κ3) is 4.44. The van der Waals surface area contributed by atoms with Gasteiger partial charge in [0, 0.05) is 31.7 Å². The van der Waals surface area contributed by atoms with E-state index in [0.29, 0.717) is 31.7 Å². The van der Waals surface area contributed by atoms with Gasteiger partial charge in [-0.15, -0.1) is 0 Å². The van der Waals surface area contributed by atoms with Crippen molar-refractivity contribution in [2.24, 2.45) is 0 Å². The van der Waals surface area contributed by atoms with Gasteiger partial charge in [-0.3, -0.25) is 5.32 Å². The molecular weight excluding hydrogens is 270 g/mol. The number of ether oxygens (including phenoxy) is 2. The van der Waals surface area contributed by atoms with Crippen LogP contribution in [0.5, 0.6) is 0 Å². The second-order valence-corrected chi connectivity index (χ2v) is 6.35. The Bertz CT molecular complexity index is 501. The average Bonchev–Trinajstić information content (AvgIpc) is 2.37. The molecule has 0 bridgehead atoms. The minimum atomic E-state index is -0.885. The van der Waals surface area contributed by atoms with E-state index in [1.54, 1.807) is 12.1 Å². The molecule has 0 unspecified atom stereocenters. The van der Waals surface area contributed by atoms with E-state index in [1.165, 1.54) is 0 Å². The zero-order valence-electron chi connectivity index (χ0n) is 12.8. The highest BCUT2D eigenvalue weighted by atomic mass is 16.6. The Morgan fingerprint density at radius 1 is 1.33 bits per heavy atom. The van der Waals surface area contributed by atoms with Gasteiger partial charge in [-0.1, -0.05) is 12.1 Å². The molecule has 1 aromatic carbocycles. The highest BCUT2D eigenvalue weighted by Gasteiger charge is 2.31. The molecule has 0 aliphatic carbocycles. The van der Waals surface area contributed by atoms with Gasteiger partial charge in [0.2, 0.25) is 0 Å². The van der Waals surface area contributed by atoms with Gasteiger partial charge in [0.05, 0.1) is 5.60 Å². The second-order valence-electron chi connectivity index (χ2n) is 6.35. The maximum absolute atomic E-state index is 11.8. The Hall–Kier alpha value is -1.59. The van der Waals surface area contributed by atoms with E-state index in [1.807, 2.05) is 32.9 Å². The van der Waals surface area contributed by atoms with E-state index in [2.05, 4.69) is 5.32 Å². The van der Waals surface area contributed by atoms with E-state index < -0.39 is 17.3 Å². The summed E-state index contributed by atoms with van der Waals surface area (Å²) < 4.78 is 10.5. The Balaban J connectivity index is 2.09. The van der Waals surface area contributed by atoms with E-state index in [-0.39, 0.29) is 0 Å². The van der Waals surface area contributed by atoms with Gasteiger partial charge in [0.25, 0.3) is 0 Å². The standard InChI is InChI=1S/C16H23NO4/c1-15(2,3)21-14(18)17-13-6-4-5-12(11-13)16(19)7-9-20-10-8-16/h4-6,11,19H,7-10H2,1-3H3,(H,17,18). The first-order valence-corrected chi connectivity index (χ1v) is 7.19. The average molecular weight is 293 g/mol. The molecule has 0 atom stereocenters. The number of nitrogens with one attached hydrogen (secondary N) is 1. The van der Waals surface area contributed by atoms with Gasteiger partial charge in [0.15, 0.2) is 0 Å². The first-order valence-electron chi connectivity index (χ1n) is 7.19. The lowest BCUT2D eigenvalue weighted by Gasteiger charge is -2.32. The van der Waals surface area contributed by atoms with Crippen LogP contribution in [0.3, 0.4) is 0 Å². The predicted molar refractivity (Wildman–Crippen MR) is 80.2 cm³/mol. The van der Waals surface area contributed by atoms with Crippen molar-refractivity contribution in [1.82, 2.24) is 0 Å². The monoisotopic (exact) mass is 293 g/mol. The topological polar surface area (TPSA) is 67.8 Å². The highest BCUT2D eigenvalue weighted by molar-refractivity contribution is 5.85. The number of hydrogen-bond donors (Lipinski definition) is 2. The van der Waals surface area contributed by atoms with Gasteiger partial charge >= 0.3 is 6.09 Å². The molecule has 21 heavy (non-hydrogen) atoms. The highest BCUT2D eigenvalue weighted by Crippen LogP contribution is 2.33. The number of carbonyl (C=O) groups is 1. The van der Waals surface area contributed by atoms with Gasteiger partial charge in [-0.05, 0) is 38.5 Å². The van der Waals surface area contributed by atoms with Crippen molar-refractivity contribution in [1.29, 1.82) is 0 Å². The summed E-state index contributed by atoms with van der Waals surface area (Å²) in [6.45, 7) is 6.52. The van der Waals surface area contributed by atoms with Gasteiger partial charge in [-0.25, -0.2) is 4.79 Å². The van der Waals surface area contributed by atoms with Crippen LogP contribution < -0.4 is 5.32 Å². The first kappa shape index (κ1) is 15.8. The van der Waals surface area contributed by atoms with Gasteiger partial charge in [-0.2, -0.15) is 0 Å². The molecule has 1 aromatic rings. The molecule has 1 aliphatic rings. The molecule has 0 saturated carbocycles.